The number of aliphatic imine (C=N–C) groups is 2. The number of carbonyl (C=O) groups is 1. The van der Waals surface area contributed by atoms with Crippen molar-refractivity contribution in [1.29, 1.82) is 5.41 Å². The minimum absolute atomic E-state index is 0.175. The number of hydrogen-bond acceptors (Lipinski definition) is 5. The molecule has 0 bridgehead atoms. The Labute approximate surface area is 119 Å². The van der Waals surface area contributed by atoms with Crippen molar-refractivity contribution in [3.8, 4) is 0 Å². The summed E-state index contributed by atoms with van der Waals surface area (Å²) in [5.41, 5.74) is 1.27. The van der Waals surface area contributed by atoms with E-state index in [1.807, 2.05) is 0 Å². The number of allylic oxidation sites excluding steroid dienone is 3. The number of hydrogen-bond donors (Lipinski definition) is 2. The molecule has 0 heterocycles. The van der Waals surface area contributed by atoms with E-state index in [1.165, 1.54) is 6.21 Å². The van der Waals surface area contributed by atoms with Gasteiger partial charge in [-0.1, -0.05) is 12.7 Å². The number of rotatable bonds is 8. The molecule has 1 saturated carbocycles. The average Bonchev–Trinajstić information content (AvgIpc) is 2.43. The fourth-order valence-electron chi connectivity index (χ4n) is 1.79. The Morgan fingerprint density at radius 1 is 1.45 bits per heavy atom. The molecule has 5 nitrogen and oxygen atoms in total. The monoisotopic (exact) mass is 272 g/mol. The predicted molar refractivity (Wildman–Crippen MR) is 83.8 cm³/mol. The topological polar surface area (TPSA) is 77.7 Å². The van der Waals surface area contributed by atoms with Crippen LogP contribution in [0.15, 0.2) is 46.7 Å². The molecule has 0 aromatic carbocycles. The maximum absolute atomic E-state index is 10.5. The van der Waals surface area contributed by atoms with E-state index in [0.717, 1.165) is 19.1 Å². The van der Waals surface area contributed by atoms with Gasteiger partial charge in [0.15, 0.2) is 0 Å². The second-order valence-corrected chi connectivity index (χ2v) is 4.44. The lowest BCUT2D eigenvalue weighted by Gasteiger charge is -2.31. The lowest BCUT2D eigenvalue weighted by Crippen LogP contribution is -2.39. The van der Waals surface area contributed by atoms with Crippen LogP contribution in [-0.4, -0.2) is 37.5 Å². The highest BCUT2D eigenvalue weighted by atomic mass is 16.1. The van der Waals surface area contributed by atoms with Gasteiger partial charge in [-0.3, -0.25) is 9.98 Å². The first kappa shape index (κ1) is 15.8. The van der Waals surface area contributed by atoms with Crippen LogP contribution in [0.1, 0.15) is 12.8 Å². The van der Waals surface area contributed by atoms with Crippen LogP contribution in [0.25, 0.3) is 0 Å². The summed E-state index contributed by atoms with van der Waals surface area (Å²) in [5.74, 6) is 0.175. The minimum Gasteiger partial charge on any atom is -0.388 e. The van der Waals surface area contributed by atoms with Crippen LogP contribution in [0.5, 0.6) is 0 Å². The maximum atomic E-state index is 10.5. The van der Waals surface area contributed by atoms with Gasteiger partial charge in [-0.05, 0) is 18.9 Å². The molecule has 0 atom stereocenters. The zero-order chi connectivity index (χ0) is 14.8. The van der Waals surface area contributed by atoms with Crippen molar-refractivity contribution < 1.29 is 4.79 Å². The van der Waals surface area contributed by atoms with Crippen molar-refractivity contribution >= 4 is 24.4 Å². The standard InChI is InChI=1S/C15H20N4O/c1-3-4-5-18-10-15(17-2)13(8-16)9-19-14-6-12(7-14)11-20/h3-5,8-12,14,16,19H,1,6-7H2,2H3/b5-4+,13-9+,16-8?,17-15+,18-10-. The van der Waals surface area contributed by atoms with E-state index in [0.29, 0.717) is 17.3 Å². The molecule has 1 aliphatic carbocycles. The smallest absolute Gasteiger partial charge is 0.123 e. The molecule has 20 heavy (non-hydrogen) atoms. The van der Waals surface area contributed by atoms with E-state index in [2.05, 4.69) is 21.9 Å². The summed E-state index contributed by atoms with van der Waals surface area (Å²) in [7, 11) is 1.65. The minimum atomic E-state index is 0.175. The van der Waals surface area contributed by atoms with Crippen molar-refractivity contribution in [1.82, 2.24) is 5.32 Å². The van der Waals surface area contributed by atoms with E-state index in [-0.39, 0.29) is 5.92 Å². The molecule has 0 aromatic rings. The lowest BCUT2D eigenvalue weighted by molar-refractivity contribution is -0.113. The average molecular weight is 272 g/mol. The van der Waals surface area contributed by atoms with Crippen LogP contribution in [0.4, 0.5) is 0 Å². The molecular weight excluding hydrogens is 252 g/mol. The second kappa shape index (κ2) is 8.74. The van der Waals surface area contributed by atoms with Crippen LogP contribution in [0.3, 0.4) is 0 Å². The summed E-state index contributed by atoms with van der Waals surface area (Å²) < 4.78 is 0. The van der Waals surface area contributed by atoms with E-state index in [4.69, 9.17) is 5.41 Å². The van der Waals surface area contributed by atoms with Gasteiger partial charge in [-0.25, -0.2) is 0 Å². The Kier molecular flexibility index (Phi) is 6.89. The van der Waals surface area contributed by atoms with E-state index >= 15 is 0 Å². The Morgan fingerprint density at radius 3 is 2.75 bits per heavy atom. The van der Waals surface area contributed by atoms with E-state index in [9.17, 15) is 4.79 Å². The predicted octanol–water partition coefficient (Wildman–Crippen LogP) is 1.93. The summed E-state index contributed by atoms with van der Waals surface area (Å²) in [6, 6.07) is 0.302. The Bertz CT molecular complexity index is 468. The van der Waals surface area contributed by atoms with Crippen molar-refractivity contribution in [3.05, 3.63) is 36.7 Å². The van der Waals surface area contributed by atoms with Crippen LogP contribution in [0.2, 0.25) is 0 Å². The number of aldehydes is 1. The zero-order valence-corrected chi connectivity index (χ0v) is 11.6. The van der Waals surface area contributed by atoms with Gasteiger partial charge in [-0.15, -0.1) is 0 Å². The van der Waals surface area contributed by atoms with Gasteiger partial charge >= 0.3 is 0 Å². The molecule has 2 N–H and O–H groups in total. The van der Waals surface area contributed by atoms with Gasteiger partial charge < -0.3 is 15.5 Å². The van der Waals surface area contributed by atoms with E-state index < -0.39 is 0 Å². The summed E-state index contributed by atoms with van der Waals surface area (Å²) in [6.07, 6.45) is 12.2. The first-order chi connectivity index (χ1) is 9.74. The molecule has 0 spiro atoms. The molecule has 0 saturated heterocycles. The Morgan fingerprint density at radius 2 is 2.20 bits per heavy atom. The summed E-state index contributed by atoms with van der Waals surface area (Å²) in [6.45, 7) is 3.55. The van der Waals surface area contributed by atoms with Gasteiger partial charge in [-0.2, -0.15) is 0 Å². The lowest BCUT2D eigenvalue weighted by atomic mass is 9.81. The number of nitrogens with one attached hydrogen (secondary N) is 2. The van der Waals surface area contributed by atoms with Crippen LogP contribution in [-0.2, 0) is 4.79 Å². The van der Waals surface area contributed by atoms with Gasteiger partial charge in [0.25, 0.3) is 0 Å². The summed E-state index contributed by atoms with van der Waals surface area (Å²) >= 11 is 0. The molecule has 0 aromatic heterocycles. The first-order valence-electron chi connectivity index (χ1n) is 6.45. The number of nitrogens with zero attached hydrogens (tertiary/aromatic N) is 2. The first-order valence-corrected chi connectivity index (χ1v) is 6.45. The normalized spacial score (nSPS) is 23.6. The fraction of sp³-hybridized carbons (Fsp3) is 0.333. The van der Waals surface area contributed by atoms with Gasteiger partial charge in [0.05, 0.1) is 11.9 Å². The van der Waals surface area contributed by atoms with Crippen LogP contribution >= 0.6 is 0 Å². The SMILES string of the molecule is C=C/C=C/N=C\C(=N/C)C(\C=N)=C\NC1CC(C=O)C1. The molecular formula is C15H20N4O. The molecule has 0 radical (unpaired) electrons. The third-order valence-electron chi connectivity index (χ3n) is 3.04. The maximum Gasteiger partial charge on any atom is 0.123 e. The molecule has 5 heteroatoms. The summed E-state index contributed by atoms with van der Waals surface area (Å²) in [5, 5.41) is 10.6. The van der Waals surface area contributed by atoms with Crippen LogP contribution in [0, 0.1) is 11.3 Å². The van der Waals surface area contributed by atoms with Crippen LogP contribution < -0.4 is 5.32 Å². The van der Waals surface area contributed by atoms with E-state index in [1.54, 1.807) is 37.8 Å². The molecule has 0 aliphatic heterocycles. The number of carbonyl (C=O) groups excluding carboxylic acids is 1. The van der Waals surface area contributed by atoms with Gasteiger partial charge in [0.2, 0.25) is 0 Å². The third-order valence-corrected chi connectivity index (χ3v) is 3.04. The zero-order valence-electron chi connectivity index (χ0n) is 11.6. The molecule has 0 amide bonds. The molecule has 106 valence electrons. The van der Waals surface area contributed by atoms with Crippen molar-refractivity contribution in [2.45, 2.75) is 18.9 Å². The van der Waals surface area contributed by atoms with Crippen molar-refractivity contribution in [3.63, 3.8) is 0 Å². The highest BCUT2D eigenvalue weighted by molar-refractivity contribution is 6.43. The quantitative estimate of drug-likeness (QED) is 0.402. The molecule has 1 aliphatic rings. The van der Waals surface area contributed by atoms with Crippen molar-refractivity contribution in [2.24, 2.45) is 15.9 Å². The molecule has 1 rings (SSSR count). The largest absolute Gasteiger partial charge is 0.388 e. The molecule has 1 fully saturated rings. The van der Waals surface area contributed by atoms with Crippen molar-refractivity contribution in [2.75, 3.05) is 7.05 Å². The second-order valence-electron chi connectivity index (χ2n) is 4.44. The van der Waals surface area contributed by atoms with Gasteiger partial charge in [0.1, 0.15) is 6.29 Å². The highest BCUT2D eigenvalue weighted by Gasteiger charge is 2.27. The molecule has 0 unspecified atom stereocenters. The Hall–Kier alpha value is -2.30. The summed E-state index contributed by atoms with van der Waals surface area (Å²) in [4.78, 5) is 18.7. The Balaban J connectivity index is 2.60. The van der Waals surface area contributed by atoms with Gasteiger partial charge in [0, 0.05) is 43.2 Å². The fourth-order valence-corrected chi connectivity index (χ4v) is 1.79. The third kappa shape index (κ3) is 4.76. The highest BCUT2D eigenvalue weighted by Crippen LogP contribution is 2.25.